The molecule has 108 valence electrons. The van der Waals surface area contributed by atoms with Crippen molar-refractivity contribution in [2.24, 2.45) is 5.84 Å². The number of rotatable bonds is 3. The molecule has 20 heavy (non-hydrogen) atoms. The maximum absolute atomic E-state index is 5.61. The summed E-state index contributed by atoms with van der Waals surface area (Å²) in [6, 6.07) is 5.83. The third-order valence-corrected chi connectivity index (χ3v) is 3.26. The van der Waals surface area contributed by atoms with E-state index in [0.29, 0.717) is 11.6 Å². The highest BCUT2D eigenvalue weighted by molar-refractivity contribution is 5.88. The summed E-state index contributed by atoms with van der Waals surface area (Å²) < 4.78 is 10.7. The molecular weight excluding hydrogens is 254 g/mol. The van der Waals surface area contributed by atoms with Crippen LogP contribution >= 0.6 is 0 Å². The zero-order chi connectivity index (χ0) is 14.9. The lowest BCUT2D eigenvalue weighted by atomic mass is 9.86. The van der Waals surface area contributed by atoms with E-state index in [4.69, 9.17) is 15.3 Å². The van der Waals surface area contributed by atoms with E-state index in [1.165, 1.54) is 0 Å². The van der Waals surface area contributed by atoms with Gasteiger partial charge in [0.1, 0.15) is 22.8 Å². The highest BCUT2D eigenvalue weighted by Gasteiger charge is 2.21. The van der Waals surface area contributed by atoms with Crippen molar-refractivity contribution in [3.8, 4) is 11.5 Å². The molecule has 3 N–H and O–H groups in total. The Morgan fingerprint density at radius 1 is 1.10 bits per heavy atom. The van der Waals surface area contributed by atoms with Crippen molar-refractivity contribution in [2.45, 2.75) is 26.2 Å². The van der Waals surface area contributed by atoms with Gasteiger partial charge < -0.3 is 14.9 Å². The number of nitrogens with two attached hydrogens (primary N) is 1. The predicted molar refractivity (Wildman–Crippen MR) is 81.4 cm³/mol. The zero-order valence-electron chi connectivity index (χ0n) is 12.6. The van der Waals surface area contributed by atoms with Gasteiger partial charge in [0.05, 0.1) is 14.2 Å². The van der Waals surface area contributed by atoms with E-state index in [1.807, 2.05) is 12.1 Å². The summed E-state index contributed by atoms with van der Waals surface area (Å²) >= 11 is 0. The van der Waals surface area contributed by atoms with Crippen LogP contribution in [0.3, 0.4) is 0 Å². The van der Waals surface area contributed by atoms with Crippen molar-refractivity contribution < 1.29 is 9.47 Å². The van der Waals surface area contributed by atoms with Crippen LogP contribution in [0.4, 0.5) is 5.82 Å². The summed E-state index contributed by atoms with van der Waals surface area (Å²) in [7, 11) is 3.25. The maximum atomic E-state index is 5.61. The summed E-state index contributed by atoms with van der Waals surface area (Å²) in [5.74, 6) is 7.67. The molecular formula is C15H21N3O2. The largest absolute Gasteiger partial charge is 0.497 e. The van der Waals surface area contributed by atoms with Gasteiger partial charge >= 0.3 is 0 Å². The van der Waals surface area contributed by atoms with Crippen molar-refractivity contribution in [3.05, 3.63) is 23.8 Å². The van der Waals surface area contributed by atoms with Crippen molar-refractivity contribution >= 4 is 16.7 Å². The lowest BCUT2D eigenvalue weighted by Crippen LogP contribution is -2.19. The highest BCUT2D eigenvalue weighted by Crippen LogP contribution is 2.36. The van der Waals surface area contributed by atoms with Gasteiger partial charge in [-0.25, -0.2) is 10.8 Å². The van der Waals surface area contributed by atoms with Crippen molar-refractivity contribution in [3.63, 3.8) is 0 Å². The van der Waals surface area contributed by atoms with Crippen LogP contribution in [0.1, 0.15) is 26.3 Å². The average Bonchev–Trinajstić information content (AvgIpc) is 2.43. The number of hydrazine groups is 1. The monoisotopic (exact) mass is 275 g/mol. The number of hydrogen-bond donors (Lipinski definition) is 2. The topological polar surface area (TPSA) is 69.4 Å². The fourth-order valence-corrected chi connectivity index (χ4v) is 2.18. The number of fused-ring (bicyclic) bond motifs is 1. The first kappa shape index (κ1) is 14.4. The first-order valence-electron chi connectivity index (χ1n) is 6.44. The average molecular weight is 275 g/mol. The summed E-state index contributed by atoms with van der Waals surface area (Å²) in [6.07, 6.45) is 0. The van der Waals surface area contributed by atoms with Crippen LogP contribution in [0, 0.1) is 0 Å². The molecule has 0 aliphatic heterocycles. The Balaban J connectivity index is 2.80. The second-order valence-electron chi connectivity index (χ2n) is 5.68. The van der Waals surface area contributed by atoms with Crippen LogP contribution in [-0.4, -0.2) is 19.2 Å². The van der Waals surface area contributed by atoms with E-state index < -0.39 is 0 Å². The van der Waals surface area contributed by atoms with E-state index in [2.05, 4.69) is 37.2 Å². The highest BCUT2D eigenvalue weighted by atomic mass is 16.5. The van der Waals surface area contributed by atoms with Crippen molar-refractivity contribution in [1.82, 2.24) is 4.98 Å². The van der Waals surface area contributed by atoms with Gasteiger partial charge in [-0.15, -0.1) is 0 Å². The van der Waals surface area contributed by atoms with Gasteiger partial charge in [0.15, 0.2) is 0 Å². The Bertz CT molecular complexity index is 633. The van der Waals surface area contributed by atoms with E-state index in [1.54, 1.807) is 14.2 Å². The molecule has 0 atom stereocenters. The number of anilines is 1. The van der Waals surface area contributed by atoms with Crippen LogP contribution in [0.5, 0.6) is 11.5 Å². The number of nitrogens with zero attached hydrogens (tertiary/aromatic N) is 1. The normalized spacial score (nSPS) is 11.5. The molecule has 0 unspecified atom stereocenters. The second-order valence-corrected chi connectivity index (χ2v) is 5.68. The number of pyridine rings is 1. The number of nitrogens with one attached hydrogen (secondary N) is 1. The molecule has 0 amide bonds. The molecule has 0 saturated carbocycles. The number of hydrogen-bond acceptors (Lipinski definition) is 5. The molecule has 2 aromatic rings. The summed E-state index contributed by atoms with van der Waals surface area (Å²) in [6.45, 7) is 6.36. The van der Waals surface area contributed by atoms with Gasteiger partial charge in [-0.05, 0) is 17.5 Å². The van der Waals surface area contributed by atoms with E-state index in [0.717, 1.165) is 22.2 Å². The third kappa shape index (κ3) is 2.49. The van der Waals surface area contributed by atoms with Crippen LogP contribution in [0.15, 0.2) is 18.2 Å². The summed E-state index contributed by atoms with van der Waals surface area (Å²) in [4.78, 5) is 4.59. The van der Waals surface area contributed by atoms with E-state index in [9.17, 15) is 0 Å². The number of aromatic nitrogens is 1. The molecule has 0 aliphatic rings. The van der Waals surface area contributed by atoms with E-state index in [-0.39, 0.29) is 5.41 Å². The molecule has 1 aromatic heterocycles. The zero-order valence-corrected chi connectivity index (χ0v) is 12.6. The lowest BCUT2D eigenvalue weighted by Gasteiger charge is -2.23. The molecule has 1 heterocycles. The smallest absolute Gasteiger partial charge is 0.148 e. The Labute approximate surface area is 119 Å². The molecule has 0 bridgehead atoms. The molecule has 5 nitrogen and oxygen atoms in total. The van der Waals surface area contributed by atoms with Gasteiger partial charge in [-0.2, -0.15) is 0 Å². The van der Waals surface area contributed by atoms with Gasteiger partial charge in [-0.1, -0.05) is 20.8 Å². The Kier molecular flexibility index (Phi) is 3.72. The number of nitrogen functional groups attached to an aromatic ring is 1. The Morgan fingerprint density at radius 2 is 1.80 bits per heavy atom. The van der Waals surface area contributed by atoms with Crippen LogP contribution in [0.2, 0.25) is 0 Å². The minimum Gasteiger partial charge on any atom is -0.497 e. The standard InChI is InChI=1S/C15H21N3O2/c1-15(2,3)11-7-9-6-10(19-4)8-12(20-5)13(9)17-14(11)18-16/h6-8H,16H2,1-5H3,(H,17,18). The quantitative estimate of drug-likeness (QED) is 0.666. The fourth-order valence-electron chi connectivity index (χ4n) is 2.18. The first-order chi connectivity index (χ1) is 9.40. The summed E-state index contributed by atoms with van der Waals surface area (Å²) in [5.41, 5.74) is 4.41. The van der Waals surface area contributed by atoms with Crippen LogP contribution in [0.25, 0.3) is 10.9 Å². The molecule has 0 aliphatic carbocycles. The number of ether oxygens (including phenoxy) is 2. The second kappa shape index (κ2) is 5.17. The first-order valence-corrected chi connectivity index (χ1v) is 6.44. The van der Waals surface area contributed by atoms with Gasteiger partial charge in [0.25, 0.3) is 0 Å². The third-order valence-electron chi connectivity index (χ3n) is 3.26. The molecule has 2 rings (SSSR count). The lowest BCUT2D eigenvalue weighted by molar-refractivity contribution is 0.397. The Morgan fingerprint density at radius 3 is 2.30 bits per heavy atom. The summed E-state index contributed by atoms with van der Waals surface area (Å²) in [5, 5.41) is 0.963. The Hall–Kier alpha value is -2.01. The van der Waals surface area contributed by atoms with Gasteiger partial charge in [-0.3, -0.25) is 0 Å². The van der Waals surface area contributed by atoms with Crippen molar-refractivity contribution in [1.29, 1.82) is 0 Å². The SMILES string of the molecule is COc1cc(OC)c2nc(NN)c(C(C)(C)C)cc2c1. The number of methoxy groups -OCH3 is 2. The van der Waals surface area contributed by atoms with Crippen molar-refractivity contribution in [2.75, 3.05) is 19.6 Å². The van der Waals surface area contributed by atoms with E-state index >= 15 is 0 Å². The molecule has 0 radical (unpaired) electrons. The minimum atomic E-state index is -0.0702. The predicted octanol–water partition coefficient (Wildman–Crippen LogP) is 2.84. The maximum Gasteiger partial charge on any atom is 0.148 e. The molecule has 1 aromatic carbocycles. The van der Waals surface area contributed by atoms with Gasteiger partial charge in [0.2, 0.25) is 0 Å². The molecule has 0 spiro atoms. The molecule has 5 heteroatoms. The minimum absolute atomic E-state index is 0.0702. The fraction of sp³-hybridized carbons (Fsp3) is 0.400. The number of benzene rings is 1. The molecule has 0 saturated heterocycles. The van der Waals surface area contributed by atoms with Crippen LogP contribution < -0.4 is 20.7 Å². The van der Waals surface area contributed by atoms with Gasteiger partial charge in [0, 0.05) is 17.0 Å². The molecule has 0 fully saturated rings. The van der Waals surface area contributed by atoms with Crippen LogP contribution in [-0.2, 0) is 5.41 Å².